The van der Waals surface area contributed by atoms with Gasteiger partial charge in [0, 0.05) is 37.1 Å². The molecule has 5 rings (SSSR count). The summed E-state index contributed by atoms with van der Waals surface area (Å²) in [6.07, 6.45) is 1.79. The Morgan fingerprint density at radius 3 is 2.61 bits per heavy atom. The SMILES string of the molecule is [Ir].[c-]1cccc2c3c4ccccc4oc3n(-c3ccccn3)c12. The van der Waals surface area contributed by atoms with Crippen LogP contribution in [0.3, 0.4) is 0 Å². The first-order valence-corrected chi connectivity index (χ1v) is 7.17. The number of rotatable bonds is 1. The fourth-order valence-corrected chi connectivity index (χ4v) is 3.07. The van der Waals surface area contributed by atoms with Gasteiger partial charge in [0.1, 0.15) is 11.4 Å². The molecule has 0 aliphatic heterocycles. The number of para-hydroxylation sites is 2. The number of benzene rings is 2. The van der Waals surface area contributed by atoms with Crippen molar-refractivity contribution in [3.05, 3.63) is 72.9 Å². The third kappa shape index (κ3) is 1.96. The van der Waals surface area contributed by atoms with Crippen LogP contribution in [-0.4, -0.2) is 9.55 Å². The quantitative estimate of drug-likeness (QED) is 0.329. The van der Waals surface area contributed by atoms with Crippen molar-refractivity contribution in [1.29, 1.82) is 0 Å². The molecule has 4 heteroatoms. The Balaban J connectivity index is 0.00000135. The fourth-order valence-electron chi connectivity index (χ4n) is 3.07. The molecule has 0 atom stereocenters. The van der Waals surface area contributed by atoms with E-state index in [1.54, 1.807) is 6.20 Å². The van der Waals surface area contributed by atoms with E-state index in [1.165, 1.54) is 0 Å². The second-order valence-electron chi connectivity index (χ2n) is 5.23. The van der Waals surface area contributed by atoms with Crippen LogP contribution < -0.4 is 0 Å². The van der Waals surface area contributed by atoms with Gasteiger partial charge in [0.25, 0.3) is 0 Å². The van der Waals surface area contributed by atoms with E-state index in [9.17, 15) is 0 Å². The first-order chi connectivity index (χ1) is 10.9. The van der Waals surface area contributed by atoms with Gasteiger partial charge in [-0.15, -0.1) is 0 Å². The third-order valence-electron chi connectivity index (χ3n) is 3.99. The summed E-state index contributed by atoms with van der Waals surface area (Å²) in [5, 5.41) is 3.37. The predicted octanol–water partition coefficient (Wildman–Crippen LogP) is 4.72. The number of fused-ring (bicyclic) bond motifs is 5. The molecular weight excluding hydrogens is 464 g/mol. The minimum Gasteiger partial charge on any atom is -0.440 e. The average molecular weight is 476 g/mol. The van der Waals surface area contributed by atoms with Crippen molar-refractivity contribution >= 4 is 33.0 Å². The van der Waals surface area contributed by atoms with Crippen LogP contribution in [0.4, 0.5) is 0 Å². The summed E-state index contributed by atoms with van der Waals surface area (Å²) < 4.78 is 8.16. The molecule has 0 amide bonds. The molecule has 23 heavy (non-hydrogen) atoms. The van der Waals surface area contributed by atoms with Gasteiger partial charge in [-0.1, -0.05) is 35.2 Å². The zero-order valence-corrected chi connectivity index (χ0v) is 14.4. The average Bonchev–Trinajstić information content (AvgIpc) is 3.10. The maximum Gasteiger partial charge on any atom is 0.200 e. The zero-order valence-electron chi connectivity index (χ0n) is 12.0. The summed E-state index contributed by atoms with van der Waals surface area (Å²) in [6.45, 7) is 0. The molecule has 3 heterocycles. The molecule has 0 aliphatic rings. The molecule has 0 N–H and O–H groups in total. The molecule has 3 nitrogen and oxygen atoms in total. The van der Waals surface area contributed by atoms with Gasteiger partial charge in [0.15, 0.2) is 0 Å². The predicted molar refractivity (Wildman–Crippen MR) is 87.2 cm³/mol. The molecule has 2 aromatic carbocycles. The van der Waals surface area contributed by atoms with Crippen molar-refractivity contribution in [3.63, 3.8) is 0 Å². The Labute approximate surface area is 145 Å². The summed E-state index contributed by atoms with van der Waals surface area (Å²) >= 11 is 0. The summed E-state index contributed by atoms with van der Waals surface area (Å²) in [7, 11) is 0. The van der Waals surface area contributed by atoms with E-state index in [2.05, 4.69) is 23.2 Å². The number of aromatic nitrogens is 2. The number of furan rings is 1. The molecule has 113 valence electrons. The van der Waals surface area contributed by atoms with Crippen LogP contribution in [-0.2, 0) is 20.1 Å². The van der Waals surface area contributed by atoms with E-state index in [-0.39, 0.29) is 20.1 Å². The van der Waals surface area contributed by atoms with Crippen LogP contribution in [0, 0.1) is 6.07 Å². The maximum absolute atomic E-state index is 6.13. The summed E-state index contributed by atoms with van der Waals surface area (Å²) in [5.74, 6) is 0.837. The molecule has 0 spiro atoms. The Kier molecular flexibility index (Phi) is 3.29. The number of nitrogens with zero attached hydrogens (tertiary/aromatic N) is 2. The van der Waals surface area contributed by atoms with Crippen LogP contribution >= 0.6 is 0 Å². The van der Waals surface area contributed by atoms with E-state index in [4.69, 9.17) is 4.42 Å². The van der Waals surface area contributed by atoms with Gasteiger partial charge < -0.3 is 4.42 Å². The first kappa shape index (κ1) is 14.2. The van der Waals surface area contributed by atoms with Gasteiger partial charge >= 0.3 is 0 Å². The van der Waals surface area contributed by atoms with Crippen molar-refractivity contribution in [3.8, 4) is 5.82 Å². The van der Waals surface area contributed by atoms with Crippen LogP contribution in [0.5, 0.6) is 0 Å². The third-order valence-corrected chi connectivity index (χ3v) is 3.99. The molecule has 0 fully saturated rings. The van der Waals surface area contributed by atoms with E-state index >= 15 is 0 Å². The minimum atomic E-state index is 0. The monoisotopic (exact) mass is 476 g/mol. The molecule has 0 saturated carbocycles. The second-order valence-corrected chi connectivity index (χ2v) is 5.23. The number of hydrogen-bond donors (Lipinski definition) is 0. The molecule has 0 aliphatic carbocycles. The molecule has 1 radical (unpaired) electrons. The minimum absolute atomic E-state index is 0. The van der Waals surface area contributed by atoms with E-state index in [0.717, 1.165) is 38.8 Å². The summed E-state index contributed by atoms with van der Waals surface area (Å²) in [6, 6.07) is 23.3. The Bertz CT molecular complexity index is 1130. The van der Waals surface area contributed by atoms with E-state index < -0.39 is 0 Å². The number of hydrogen-bond acceptors (Lipinski definition) is 2. The van der Waals surface area contributed by atoms with Crippen LogP contribution in [0.25, 0.3) is 38.8 Å². The first-order valence-electron chi connectivity index (χ1n) is 7.17. The number of pyridine rings is 1. The van der Waals surface area contributed by atoms with Crippen molar-refractivity contribution < 1.29 is 24.5 Å². The molecule has 0 saturated heterocycles. The zero-order chi connectivity index (χ0) is 14.5. The molecule has 5 aromatic rings. The molecule has 0 bridgehead atoms. The summed E-state index contributed by atoms with van der Waals surface area (Å²) in [5.41, 5.74) is 2.70. The van der Waals surface area contributed by atoms with Gasteiger partial charge in [0.2, 0.25) is 5.71 Å². The Morgan fingerprint density at radius 1 is 0.913 bits per heavy atom. The molecule has 3 aromatic heterocycles. The molecule has 0 unspecified atom stereocenters. The van der Waals surface area contributed by atoms with Gasteiger partial charge in [0.05, 0.1) is 0 Å². The van der Waals surface area contributed by atoms with Crippen LogP contribution in [0.2, 0.25) is 0 Å². The van der Waals surface area contributed by atoms with Gasteiger partial charge in [-0.05, 0) is 18.2 Å². The largest absolute Gasteiger partial charge is 0.440 e. The fraction of sp³-hybridized carbons (Fsp3) is 0. The standard InChI is InChI=1S/C19H11N2O.Ir/c1-3-9-15-13(7-1)18-14-8-2-4-10-16(14)22-19(18)21(15)17-11-5-6-12-20-17;/h1-8,10-12H;/q-1;. The van der Waals surface area contributed by atoms with Crippen molar-refractivity contribution in [1.82, 2.24) is 9.55 Å². The summed E-state index contributed by atoms with van der Waals surface area (Å²) in [4.78, 5) is 4.47. The normalized spacial score (nSPS) is 11.1. The van der Waals surface area contributed by atoms with Crippen LogP contribution in [0.15, 0.2) is 71.3 Å². The Morgan fingerprint density at radius 2 is 1.74 bits per heavy atom. The van der Waals surface area contributed by atoms with Crippen molar-refractivity contribution in [2.45, 2.75) is 0 Å². The topological polar surface area (TPSA) is 31.0 Å². The van der Waals surface area contributed by atoms with E-state index in [1.807, 2.05) is 53.1 Å². The van der Waals surface area contributed by atoms with E-state index in [0.29, 0.717) is 0 Å². The molecular formula is C19H11IrN2O-. The smallest absolute Gasteiger partial charge is 0.200 e. The van der Waals surface area contributed by atoms with Gasteiger partial charge in [-0.25, -0.2) is 4.98 Å². The van der Waals surface area contributed by atoms with Crippen molar-refractivity contribution in [2.75, 3.05) is 0 Å². The van der Waals surface area contributed by atoms with Gasteiger partial charge in [-0.3, -0.25) is 4.57 Å². The maximum atomic E-state index is 6.13. The van der Waals surface area contributed by atoms with Gasteiger partial charge in [-0.2, -0.15) is 24.3 Å². The van der Waals surface area contributed by atoms with Crippen molar-refractivity contribution in [2.24, 2.45) is 0 Å². The second kappa shape index (κ2) is 5.34. The Hall–Kier alpha value is -2.42. The van der Waals surface area contributed by atoms with Crippen LogP contribution in [0.1, 0.15) is 0 Å².